The van der Waals surface area contributed by atoms with E-state index < -0.39 is 29.7 Å². The number of nitrogens with zero attached hydrogens (tertiary/aromatic N) is 1. The molecule has 0 aliphatic carbocycles. The van der Waals surface area contributed by atoms with E-state index in [1.807, 2.05) is 0 Å². The molecule has 198 valence electrons. The van der Waals surface area contributed by atoms with Gasteiger partial charge in [0.1, 0.15) is 24.1 Å². The minimum Gasteiger partial charge on any atom is -0.444 e. The summed E-state index contributed by atoms with van der Waals surface area (Å²) in [6, 6.07) is 11.5. The number of anilines is 1. The standard InChI is InChI=1S/C26H31FN4O6/c1-16(32)28-13-20-15-31(25(35)36-20)19-9-10-21(22(27)11-19)18-7-5-17(6-8-18)12-29-23(33)14-30-24(34)37-26(2,3)4/h5-11,20H,12-15H2,1-4H3,(H,28,32)(H,29,33)(H,30,34)/t20-/m0/s1. The zero-order chi connectivity index (χ0) is 27.2. The molecule has 2 aromatic rings. The van der Waals surface area contributed by atoms with Gasteiger partial charge >= 0.3 is 12.2 Å². The topological polar surface area (TPSA) is 126 Å². The first-order chi connectivity index (χ1) is 17.4. The Hall–Kier alpha value is -4.15. The maximum absolute atomic E-state index is 14.9. The van der Waals surface area contributed by atoms with Crippen LogP contribution >= 0.6 is 0 Å². The number of carbonyl (C=O) groups excluding carboxylic acids is 4. The SMILES string of the molecule is CC(=O)NC[C@H]1CN(c2ccc(-c3ccc(CNC(=O)CNC(=O)OC(C)(C)C)cc3)c(F)c2)C(=O)O1. The molecule has 0 spiro atoms. The molecule has 0 radical (unpaired) electrons. The lowest BCUT2D eigenvalue weighted by Gasteiger charge is -2.19. The molecule has 1 saturated heterocycles. The highest BCUT2D eigenvalue weighted by Crippen LogP contribution is 2.29. The third-order valence-corrected chi connectivity index (χ3v) is 5.26. The van der Waals surface area contributed by atoms with Crippen molar-refractivity contribution in [1.82, 2.24) is 16.0 Å². The normalized spacial score (nSPS) is 15.1. The van der Waals surface area contributed by atoms with E-state index in [1.54, 1.807) is 57.2 Å². The van der Waals surface area contributed by atoms with Crippen molar-refractivity contribution >= 4 is 29.7 Å². The van der Waals surface area contributed by atoms with Crippen LogP contribution in [0.5, 0.6) is 0 Å². The Kier molecular flexibility index (Phi) is 8.69. The van der Waals surface area contributed by atoms with E-state index in [4.69, 9.17) is 9.47 Å². The summed E-state index contributed by atoms with van der Waals surface area (Å²) >= 11 is 0. The predicted molar refractivity (Wildman–Crippen MR) is 134 cm³/mol. The summed E-state index contributed by atoms with van der Waals surface area (Å²) in [6.07, 6.45) is -1.79. The number of amides is 4. The van der Waals surface area contributed by atoms with E-state index in [0.29, 0.717) is 16.8 Å². The molecule has 0 unspecified atom stereocenters. The monoisotopic (exact) mass is 514 g/mol. The third-order valence-electron chi connectivity index (χ3n) is 5.26. The van der Waals surface area contributed by atoms with Crippen LogP contribution in [0.3, 0.4) is 0 Å². The number of rotatable bonds is 8. The summed E-state index contributed by atoms with van der Waals surface area (Å²) in [6.45, 7) is 6.95. The molecule has 37 heavy (non-hydrogen) atoms. The first kappa shape index (κ1) is 27.4. The van der Waals surface area contributed by atoms with E-state index in [-0.39, 0.29) is 38.0 Å². The second kappa shape index (κ2) is 11.7. The third kappa shape index (κ3) is 8.19. The number of alkyl carbamates (subject to hydrolysis) is 1. The number of benzene rings is 2. The van der Waals surface area contributed by atoms with Gasteiger partial charge in [0.15, 0.2) is 0 Å². The van der Waals surface area contributed by atoms with E-state index in [2.05, 4.69) is 16.0 Å². The lowest BCUT2D eigenvalue weighted by molar-refractivity contribution is -0.120. The van der Waals surface area contributed by atoms with E-state index >= 15 is 0 Å². The van der Waals surface area contributed by atoms with E-state index in [9.17, 15) is 23.6 Å². The lowest BCUT2D eigenvalue weighted by Crippen LogP contribution is -2.39. The van der Waals surface area contributed by atoms with Gasteiger partial charge in [-0.2, -0.15) is 0 Å². The largest absolute Gasteiger partial charge is 0.444 e. The molecule has 1 atom stereocenters. The van der Waals surface area contributed by atoms with Crippen LogP contribution in [0.15, 0.2) is 42.5 Å². The smallest absolute Gasteiger partial charge is 0.414 e. The summed E-state index contributed by atoms with van der Waals surface area (Å²) < 4.78 is 25.2. The van der Waals surface area contributed by atoms with Gasteiger partial charge in [0.25, 0.3) is 0 Å². The van der Waals surface area contributed by atoms with Crippen molar-refractivity contribution in [1.29, 1.82) is 0 Å². The van der Waals surface area contributed by atoms with Crippen LogP contribution < -0.4 is 20.9 Å². The Bertz CT molecular complexity index is 1160. The highest BCUT2D eigenvalue weighted by molar-refractivity contribution is 5.90. The van der Waals surface area contributed by atoms with Gasteiger partial charge in [-0.05, 0) is 50.1 Å². The minimum atomic E-state index is -0.675. The van der Waals surface area contributed by atoms with Crippen molar-refractivity contribution < 1.29 is 33.0 Å². The maximum Gasteiger partial charge on any atom is 0.414 e. The molecule has 1 aliphatic rings. The summed E-state index contributed by atoms with van der Waals surface area (Å²) in [5, 5.41) is 7.68. The Labute approximate surface area is 214 Å². The molecule has 10 nitrogen and oxygen atoms in total. The van der Waals surface area contributed by atoms with Gasteiger partial charge in [0, 0.05) is 19.0 Å². The molecule has 0 aromatic heterocycles. The number of halogens is 1. The number of carbonyl (C=O) groups is 4. The number of ether oxygens (including phenoxy) is 2. The van der Waals surface area contributed by atoms with Crippen molar-refractivity contribution in [2.75, 3.05) is 24.5 Å². The van der Waals surface area contributed by atoms with Gasteiger partial charge in [0.05, 0.1) is 18.8 Å². The Balaban J connectivity index is 1.54. The molecule has 3 N–H and O–H groups in total. The van der Waals surface area contributed by atoms with Crippen LogP contribution in [-0.2, 0) is 25.6 Å². The first-order valence-corrected chi connectivity index (χ1v) is 11.8. The molecule has 1 heterocycles. The van der Waals surface area contributed by atoms with E-state index in [0.717, 1.165) is 5.56 Å². The summed E-state index contributed by atoms with van der Waals surface area (Å²) in [7, 11) is 0. The van der Waals surface area contributed by atoms with Gasteiger partial charge in [-0.25, -0.2) is 14.0 Å². The highest BCUT2D eigenvalue weighted by Gasteiger charge is 2.32. The minimum absolute atomic E-state index is 0.186. The Morgan fingerprint density at radius 2 is 1.78 bits per heavy atom. The molecule has 1 aliphatic heterocycles. The highest BCUT2D eigenvalue weighted by atomic mass is 19.1. The quantitative estimate of drug-likeness (QED) is 0.497. The number of hydrogen-bond acceptors (Lipinski definition) is 6. The van der Waals surface area contributed by atoms with Crippen LogP contribution in [-0.4, -0.2) is 55.3 Å². The average molecular weight is 515 g/mol. The van der Waals surface area contributed by atoms with Crippen molar-refractivity contribution in [3.63, 3.8) is 0 Å². The van der Waals surface area contributed by atoms with Crippen LogP contribution in [0, 0.1) is 5.82 Å². The second-order valence-corrected chi connectivity index (χ2v) is 9.55. The fourth-order valence-electron chi connectivity index (χ4n) is 3.53. The summed E-state index contributed by atoms with van der Waals surface area (Å²) in [5.41, 5.74) is 1.47. The van der Waals surface area contributed by atoms with Gasteiger partial charge in [-0.1, -0.05) is 24.3 Å². The molecule has 2 aromatic carbocycles. The lowest BCUT2D eigenvalue weighted by atomic mass is 10.0. The van der Waals surface area contributed by atoms with Crippen LogP contribution in [0.2, 0.25) is 0 Å². The van der Waals surface area contributed by atoms with Crippen LogP contribution in [0.1, 0.15) is 33.3 Å². The predicted octanol–water partition coefficient (Wildman–Crippen LogP) is 3.09. The Morgan fingerprint density at radius 3 is 2.41 bits per heavy atom. The molecular formula is C26H31FN4O6. The molecule has 4 amide bonds. The number of nitrogens with one attached hydrogen (secondary N) is 3. The van der Waals surface area contributed by atoms with Gasteiger partial charge in [-0.15, -0.1) is 0 Å². The molecule has 1 fully saturated rings. The van der Waals surface area contributed by atoms with Crippen LogP contribution in [0.4, 0.5) is 19.7 Å². The van der Waals surface area contributed by atoms with Crippen molar-refractivity contribution in [2.24, 2.45) is 0 Å². The Morgan fingerprint density at radius 1 is 1.08 bits per heavy atom. The van der Waals surface area contributed by atoms with Crippen LogP contribution in [0.25, 0.3) is 11.1 Å². The maximum atomic E-state index is 14.9. The molecular weight excluding hydrogens is 483 g/mol. The zero-order valence-corrected chi connectivity index (χ0v) is 21.2. The molecule has 11 heteroatoms. The number of cyclic esters (lactones) is 1. The fraction of sp³-hybridized carbons (Fsp3) is 0.385. The first-order valence-electron chi connectivity index (χ1n) is 11.8. The van der Waals surface area contributed by atoms with Gasteiger partial charge < -0.3 is 25.4 Å². The molecule has 0 saturated carbocycles. The molecule has 3 rings (SSSR count). The van der Waals surface area contributed by atoms with Gasteiger partial charge in [-0.3, -0.25) is 14.5 Å². The fourth-order valence-corrected chi connectivity index (χ4v) is 3.53. The zero-order valence-electron chi connectivity index (χ0n) is 21.2. The average Bonchev–Trinajstić information content (AvgIpc) is 3.20. The van der Waals surface area contributed by atoms with E-state index in [1.165, 1.54) is 17.9 Å². The van der Waals surface area contributed by atoms with Crippen molar-refractivity contribution in [3.05, 3.63) is 53.8 Å². The van der Waals surface area contributed by atoms with Gasteiger partial charge in [0.2, 0.25) is 11.8 Å². The molecule has 0 bridgehead atoms. The number of hydrogen-bond donors (Lipinski definition) is 3. The second-order valence-electron chi connectivity index (χ2n) is 9.55. The summed E-state index contributed by atoms with van der Waals surface area (Å²) in [4.78, 5) is 48.2. The summed E-state index contributed by atoms with van der Waals surface area (Å²) in [5.74, 6) is -1.12. The van der Waals surface area contributed by atoms with Crippen molar-refractivity contribution in [2.45, 2.75) is 45.9 Å². The van der Waals surface area contributed by atoms with Crippen molar-refractivity contribution in [3.8, 4) is 11.1 Å².